The van der Waals surface area contributed by atoms with Crippen LogP contribution in [-0.2, 0) is 0 Å². The molecule has 0 bridgehead atoms. The minimum Gasteiger partial charge on any atom is -0.495 e. The largest absolute Gasteiger partial charge is 0.495 e. The Kier molecular flexibility index (Phi) is 3.81. The molecular weight excluding hydrogens is 351 g/mol. The van der Waals surface area contributed by atoms with Gasteiger partial charge >= 0.3 is 0 Å². The van der Waals surface area contributed by atoms with Crippen LogP contribution in [0.2, 0.25) is 0 Å². The lowest BCUT2D eigenvalue weighted by molar-refractivity contribution is 0.412. The Labute approximate surface area is 134 Å². The summed E-state index contributed by atoms with van der Waals surface area (Å²) in [6.45, 7) is 0. The predicted molar refractivity (Wildman–Crippen MR) is 87.9 cm³/mol. The number of nitrogens with one attached hydrogen (secondary N) is 1. The molecule has 0 aliphatic rings. The van der Waals surface area contributed by atoms with Crippen molar-refractivity contribution < 1.29 is 9.13 Å². The van der Waals surface area contributed by atoms with Gasteiger partial charge in [-0.2, -0.15) is 0 Å². The third-order valence-electron chi connectivity index (χ3n) is 3.17. The summed E-state index contributed by atoms with van der Waals surface area (Å²) >= 11 is 3.43. The van der Waals surface area contributed by atoms with Crippen LogP contribution in [0.4, 0.5) is 21.6 Å². The standard InChI is InChI=1S/C15H12BrFN4O/c1-22-13-6-12-8(5-9(13)16)14(11(18)7-20-12)21-15-10(17)3-2-4-19-15/h2-7H,18H2,1H3,(H,19,20,21). The molecule has 0 radical (unpaired) electrons. The molecule has 3 aromatic rings. The van der Waals surface area contributed by atoms with Crippen molar-refractivity contribution in [2.45, 2.75) is 0 Å². The summed E-state index contributed by atoms with van der Waals surface area (Å²) in [4.78, 5) is 8.25. The van der Waals surface area contributed by atoms with Crippen molar-refractivity contribution in [3.05, 3.63) is 46.9 Å². The summed E-state index contributed by atoms with van der Waals surface area (Å²) in [5, 5.41) is 3.67. The summed E-state index contributed by atoms with van der Waals surface area (Å²) in [7, 11) is 1.58. The van der Waals surface area contributed by atoms with Crippen molar-refractivity contribution in [1.29, 1.82) is 0 Å². The molecule has 0 unspecified atom stereocenters. The quantitative estimate of drug-likeness (QED) is 0.739. The van der Waals surface area contributed by atoms with E-state index in [2.05, 4.69) is 31.2 Å². The number of ether oxygens (including phenoxy) is 1. The Morgan fingerprint density at radius 3 is 2.86 bits per heavy atom. The van der Waals surface area contributed by atoms with Crippen LogP contribution in [0.3, 0.4) is 0 Å². The highest BCUT2D eigenvalue weighted by Crippen LogP contribution is 2.36. The maximum absolute atomic E-state index is 13.8. The van der Waals surface area contributed by atoms with E-state index in [9.17, 15) is 4.39 Å². The molecule has 0 saturated heterocycles. The lowest BCUT2D eigenvalue weighted by Gasteiger charge is -2.13. The number of fused-ring (bicyclic) bond motifs is 1. The van der Waals surface area contributed by atoms with Gasteiger partial charge in [-0.3, -0.25) is 4.98 Å². The Hall–Kier alpha value is -2.41. The summed E-state index contributed by atoms with van der Waals surface area (Å²) in [5.74, 6) is 0.299. The Morgan fingerprint density at radius 1 is 1.32 bits per heavy atom. The van der Waals surface area contributed by atoms with Crippen molar-refractivity contribution in [3.8, 4) is 5.75 Å². The average Bonchev–Trinajstić information content (AvgIpc) is 2.51. The Bertz CT molecular complexity index is 856. The van der Waals surface area contributed by atoms with Crippen molar-refractivity contribution in [1.82, 2.24) is 9.97 Å². The fraction of sp³-hybridized carbons (Fsp3) is 0.0667. The number of hydrogen-bond donors (Lipinski definition) is 2. The zero-order valence-electron chi connectivity index (χ0n) is 11.6. The number of anilines is 3. The first-order chi connectivity index (χ1) is 10.6. The molecule has 2 aromatic heterocycles. The first-order valence-corrected chi connectivity index (χ1v) is 7.18. The van der Waals surface area contributed by atoms with Crippen molar-refractivity contribution >= 4 is 44.0 Å². The molecule has 0 amide bonds. The van der Waals surface area contributed by atoms with E-state index in [0.717, 1.165) is 9.86 Å². The van der Waals surface area contributed by atoms with E-state index in [1.807, 2.05) is 6.07 Å². The van der Waals surface area contributed by atoms with Gasteiger partial charge in [0, 0.05) is 17.6 Å². The van der Waals surface area contributed by atoms with Crippen LogP contribution in [0.15, 0.2) is 41.1 Å². The van der Waals surface area contributed by atoms with E-state index >= 15 is 0 Å². The SMILES string of the molecule is COc1cc2ncc(N)c(Nc3ncccc3F)c2cc1Br. The summed E-state index contributed by atoms with van der Waals surface area (Å²) in [6, 6.07) is 6.45. The van der Waals surface area contributed by atoms with E-state index in [1.54, 1.807) is 13.2 Å². The van der Waals surface area contributed by atoms with Crippen molar-refractivity contribution in [2.24, 2.45) is 0 Å². The molecule has 3 rings (SSSR count). The number of methoxy groups -OCH3 is 1. The lowest BCUT2D eigenvalue weighted by atomic mass is 10.1. The molecular formula is C15H12BrFN4O. The van der Waals surface area contributed by atoms with Crippen LogP contribution in [0.25, 0.3) is 10.9 Å². The van der Waals surface area contributed by atoms with Gasteiger partial charge in [0.2, 0.25) is 0 Å². The van der Waals surface area contributed by atoms with E-state index in [0.29, 0.717) is 22.6 Å². The molecule has 0 aliphatic heterocycles. The fourth-order valence-corrected chi connectivity index (χ4v) is 2.61. The van der Waals surface area contributed by atoms with E-state index in [4.69, 9.17) is 10.5 Å². The third-order valence-corrected chi connectivity index (χ3v) is 3.79. The molecule has 22 heavy (non-hydrogen) atoms. The Balaban J connectivity index is 2.18. The monoisotopic (exact) mass is 362 g/mol. The predicted octanol–water partition coefficient (Wildman–Crippen LogP) is 3.87. The second-order valence-corrected chi connectivity index (χ2v) is 5.41. The van der Waals surface area contributed by atoms with Gasteiger partial charge in [-0.25, -0.2) is 9.37 Å². The molecule has 3 N–H and O–H groups in total. The molecule has 5 nitrogen and oxygen atoms in total. The smallest absolute Gasteiger partial charge is 0.166 e. The fourth-order valence-electron chi connectivity index (χ4n) is 2.10. The third kappa shape index (κ3) is 2.55. The number of aromatic nitrogens is 2. The van der Waals surface area contributed by atoms with Gasteiger partial charge in [0.15, 0.2) is 11.6 Å². The minimum atomic E-state index is -0.459. The van der Waals surface area contributed by atoms with Crippen molar-refractivity contribution in [2.75, 3.05) is 18.2 Å². The van der Waals surface area contributed by atoms with Gasteiger partial charge in [0.05, 0.1) is 34.7 Å². The van der Waals surface area contributed by atoms with E-state index in [1.165, 1.54) is 24.5 Å². The number of pyridine rings is 2. The second kappa shape index (κ2) is 5.76. The van der Waals surface area contributed by atoms with Gasteiger partial charge in [-0.1, -0.05) is 0 Å². The highest BCUT2D eigenvalue weighted by atomic mass is 79.9. The van der Waals surface area contributed by atoms with Crippen LogP contribution >= 0.6 is 15.9 Å². The molecule has 1 aromatic carbocycles. The molecule has 0 saturated carbocycles. The van der Waals surface area contributed by atoms with Crippen LogP contribution in [-0.4, -0.2) is 17.1 Å². The molecule has 0 fully saturated rings. The second-order valence-electron chi connectivity index (χ2n) is 4.55. The van der Waals surface area contributed by atoms with Gasteiger partial charge in [0.25, 0.3) is 0 Å². The molecule has 112 valence electrons. The highest BCUT2D eigenvalue weighted by Gasteiger charge is 2.13. The molecule has 0 spiro atoms. The number of hydrogen-bond acceptors (Lipinski definition) is 5. The number of halogens is 2. The molecule has 0 atom stereocenters. The number of rotatable bonds is 3. The summed E-state index contributed by atoms with van der Waals surface area (Å²) in [5.41, 5.74) is 7.60. The minimum absolute atomic E-state index is 0.105. The molecule has 2 heterocycles. The first-order valence-electron chi connectivity index (χ1n) is 6.39. The maximum Gasteiger partial charge on any atom is 0.166 e. The molecule has 7 heteroatoms. The van der Waals surface area contributed by atoms with Gasteiger partial charge in [-0.05, 0) is 34.1 Å². The summed E-state index contributed by atoms with van der Waals surface area (Å²) in [6.07, 6.45) is 3.02. The van der Waals surface area contributed by atoms with Gasteiger partial charge < -0.3 is 15.8 Å². The normalized spacial score (nSPS) is 10.7. The van der Waals surface area contributed by atoms with E-state index < -0.39 is 5.82 Å². The van der Waals surface area contributed by atoms with E-state index in [-0.39, 0.29) is 5.82 Å². The number of nitrogens with zero attached hydrogens (tertiary/aromatic N) is 2. The molecule has 0 aliphatic carbocycles. The first kappa shape index (κ1) is 14.5. The van der Waals surface area contributed by atoms with Gasteiger partial charge in [0.1, 0.15) is 5.75 Å². The van der Waals surface area contributed by atoms with Crippen LogP contribution in [0.1, 0.15) is 0 Å². The van der Waals surface area contributed by atoms with Crippen LogP contribution < -0.4 is 15.8 Å². The number of nitrogens with two attached hydrogens (primary N) is 1. The zero-order valence-corrected chi connectivity index (χ0v) is 13.2. The van der Waals surface area contributed by atoms with Crippen LogP contribution in [0.5, 0.6) is 5.75 Å². The topological polar surface area (TPSA) is 73.1 Å². The zero-order chi connectivity index (χ0) is 15.7. The maximum atomic E-state index is 13.8. The number of benzene rings is 1. The van der Waals surface area contributed by atoms with Gasteiger partial charge in [-0.15, -0.1) is 0 Å². The lowest BCUT2D eigenvalue weighted by Crippen LogP contribution is -2.02. The summed E-state index contributed by atoms with van der Waals surface area (Å²) < 4.78 is 19.8. The number of nitrogen functional groups attached to an aromatic ring is 1. The highest BCUT2D eigenvalue weighted by molar-refractivity contribution is 9.10. The van der Waals surface area contributed by atoms with Crippen LogP contribution in [0, 0.1) is 5.82 Å². The Morgan fingerprint density at radius 2 is 2.14 bits per heavy atom. The average molecular weight is 363 g/mol. The van der Waals surface area contributed by atoms with Crippen molar-refractivity contribution in [3.63, 3.8) is 0 Å².